The number of rotatable bonds is 3. The van der Waals surface area contributed by atoms with E-state index in [1.807, 2.05) is 0 Å². The lowest BCUT2D eigenvalue weighted by atomic mass is 10.1. The highest BCUT2D eigenvalue weighted by molar-refractivity contribution is 6.34. The van der Waals surface area contributed by atoms with Crippen LogP contribution >= 0.6 is 11.6 Å². The summed E-state index contributed by atoms with van der Waals surface area (Å²) in [4.78, 5) is 21.8. The van der Waals surface area contributed by atoms with Crippen LogP contribution in [0.1, 0.15) is 15.9 Å². The SMILES string of the molecule is Cc1ccc(Cl)c(C(=O)C=C(O)C(=O)O)c1F. The minimum atomic E-state index is -1.68. The van der Waals surface area contributed by atoms with Gasteiger partial charge in [-0.2, -0.15) is 0 Å². The Morgan fingerprint density at radius 2 is 1.94 bits per heavy atom. The summed E-state index contributed by atoms with van der Waals surface area (Å²) in [7, 11) is 0. The maximum atomic E-state index is 13.6. The minimum absolute atomic E-state index is 0.146. The Labute approximate surface area is 101 Å². The summed E-state index contributed by atoms with van der Waals surface area (Å²) in [5.41, 5.74) is -0.263. The molecular weight excluding hydrogens is 251 g/mol. The molecule has 1 aromatic rings. The third kappa shape index (κ3) is 2.82. The normalized spacial score (nSPS) is 11.4. The number of carbonyl (C=O) groups excluding carboxylic acids is 1. The molecule has 1 aromatic carbocycles. The maximum Gasteiger partial charge on any atom is 0.371 e. The molecule has 0 aliphatic carbocycles. The van der Waals surface area contributed by atoms with Gasteiger partial charge in [-0.3, -0.25) is 4.79 Å². The average molecular weight is 259 g/mol. The monoisotopic (exact) mass is 258 g/mol. The predicted molar refractivity (Wildman–Crippen MR) is 58.8 cm³/mol. The van der Waals surface area contributed by atoms with E-state index in [-0.39, 0.29) is 10.6 Å². The summed E-state index contributed by atoms with van der Waals surface area (Å²) >= 11 is 5.64. The lowest BCUT2D eigenvalue weighted by Gasteiger charge is -2.04. The number of aliphatic carboxylic acids is 1. The van der Waals surface area contributed by atoms with E-state index < -0.39 is 28.9 Å². The first-order valence-corrected chi connectivity index (χ1v) is 4.85. The molecule has 0 bridgehead atoms. The number of carbonyl (C=O) groups is 2. The fraction of sp³-hybridized carbons (Fsp3) is 0.0909. The van der Waals surface area contributed by atoms with E-state index in [0.29, 0.717) is 6.08 Å². The van der Waals surface area contributed by atoms with E-state index in [0.717, 1.165) is 0 Å². The summed E-state index contributed by atoms with van der Waals surface area (Å²) in [6.45, 7) is 1.43. The van der Waals surface area contributed by atoms with Gasteiger partial charge in [0.2, 0.25) is 5.76 Å². The second-order valence-corrected chi connectivity index (χ2v) is 3.66. The Bertz CT molecular complexity index is 522. The smallest absolute Gasteiger partial charge is 0.371 e. The van der Waals surface area contributed by atoms with E-state index in [9.17, 15) is 14.0 Å². The van der Waals surface area contributed by atoms with Crippen molar-refractivity contribution in [3.8, 4) is 0 Å². The first-order chi connectivity index (χ1) is 7.84. The number of aryl methyl sites for hydroxylation is 1. The van der Waals surface area contributed by atoms with E-state index >= 15 is 0 Å². The third-order valence-electron chi connectivity index (χ3n) is 2.02. The highest BCUT2D eigenvalue weighted by Crippen LogP contribution is 2.23. The van der Waals surface area contributed by atoms with Gasteiger partial charge in [0, 0.05) is 6.08 Å². The number of benzene rings is 1. The van der Waals surface area contributed by atoms with Crippen molar-refractivity contribution < 1.29 is 24.2 Å². The standard InChI is InChI=1S/C11H8ClFO4/c1-5-2-3-6(12)9(10(5)13)7(14)4-8(15)11(16)17/h2-4,15H,1H3,(H,16,17). The van der Waals surface area contributed by atoms with E-state index in [4.69, 9.17) is 21.8 Å². The number of halogens is 2. The molecular formula is C11H8ClFO4. The van der Waals surface area contributed by atoms with Crippen LogP contribution in [0.3, 0.4) is 0 Å². The van der Waals surface area contributed by atoms with Crippen LogP contribution in [0.2, 0.25) is 5.02 Å². The van der Waals surface area contributed by atoms with Gasteiger partial charge in [-0.1, -0.05) is 17.7 Å². The second kappa shape index (κ2) is 4.97. The molecule has 6 heteroatoms. The predicted octanol–water partition coefficient (Wildman–Crippen LogP) is 2.50. The molecule has 0 aliphatic heterocycles. The molecule has 0 heterocycles. The molecule has 90 valence electrons. The minimum Gasteiger partial charge on any atom is -0.502 e. The van der Waals surface area contributed by atoms with E-state index in [1.54, 1.807) is 0 Å². The van der Waals surface area contributed by atoms with Crippen molar-refractivity contribution >= 4 is 23.4 Å². The summed E-state index contributed by atoms with van der Waals surface area (Å²) in [5.74, 6) is -4.69. The molecule has 2 N–H and O–H groups in total. The topological polar surface area (TPSA) is 74.6 Å². The summed E-state index contributed by atoms with van der Waals surface area (Å²) in [5, 5.41) is 17.1. The molecule has 0 radical (unpaired) electrons. The van der Waals surface area contributed by atoms with Crippen LogP contribution in [-0.2, 0) is 4.79 Å². The number of hydrogen-bond donors (Lipinski definition) is 2. The zero-order valence-corrected chi connectivity index (χ0v) is 9.45. The van der Waals surface area contributed by atoms with Gasteiger partial charge in [0.05, 0.1) is 10.6 Å². The van der Waals surface area contributed by atoms with Crippen molar-refractivity contribution in [3.63, 3.8) is 0 Å². The maximum absolute atomic E-state index is 13.6. The molecule has 4 nitrogen and oxygen atoms in total. The first kappa shape index (κ1) is 13.2. The number of allylic oxidation sites excluding steroid dienone is 1. The Kier molecular flexibility index (Phi) is 3.85. The average Bonchev–Trinajstić information content (AvgIpc) is 2.24. The van der Waals surface area contributed by atoms with Gasteiger partial charge in [0.25, 0.3) is 0 Å². The summed E-state index contributed by atoms with van der Waals surface area (Å²) in [6.07, 6.45) is 0.409. The molecule has 0 fully saturated rings. The van der Waals surface area contributed by atoms with Crippen molar-refractivity contribution in [2.75, 3.05) is 0 Å². The van der Waals surface area contributed by atoms with Gasteiger partial charge in [-0.25, -0.2) is 9.18 Å². The van der Waals surface area contributed by atoms with Crippen LogP contribution in [0.15, 0.2) is 24.0 Å². The number of carboxylic acid groups (broad SMARTS) is 1. The van der Waals surface area contributed by atoms with Crippen molar-refractivity contribution in [1.82, 2.24) is 0 Å². The number of aliphatic hydroxyl groups is 1. The molecule has 0 aromatic heterocycles. The zero-order valence-electron chi connectivity index (χ0n) is 8.70. The largest absolute Gasteiger partial charge is 0.502 e. The molecule has 0 unspecified atom stereocenters. The van der Waals surface area contributed by atoms with Crippen LogP contribution in [-0.4, -0.2) is 22.0 Å². The van der Waals surface area contributed by atoms with Gasteiger partial charge >= 0.3 is 5.97 Å². The van der Waals surface area contributed by atoms with Crippen LogP contribution in [0.4, 0.5) is 4.39 Å². The van der Waals surface area contributed by atoms with Crippen molar-refractivity contribution in [2.24, 2.45) is 0 Å². The van der Waals surface area contributed by atoms with Gasteiger partial charge in [-0.15, -0.1) is 0 Å². The molecule has 0 saturated carbocycles. The van der Waals surface area contributed by atoms with Crippen molar-refractivity contribution in [1.29, 1.82) is 0 Å². The molecule has 1 rings (SSSR count). The molecule has 0 amide bonds. The van der Waals surface area contributed by atoms with Crippen LogP contribution in [0.25, 0.3) is 0 Å². The Balaban J connectivity index is 3.27. The lowest BCUT2D eigenvalue weighted by molar-refractivity contribution is -0.135. The number of ketones is 1. The van der Waals surface area contributed by atoms with Crippen LogP contribution < -0.4 is 0 Å². The molecule has 0 saturated heterocycles. The fourth-order valence-corrected chi connectivity index (χ4v) is 1.38. The van der Waals surface area contributed by atoms with Crippen molar-refractivity contribution in [2.45, 2.75) is 6.92 Å². The second-order valence-electron chi connectivity index (χ2n) is 3.25. The Morgan fingerprint density at radius 1 is 1.35 bits per heavy atom. The van der Waals surface area contributed by atoms with Gasteiger partial charge in [0.15, 0.2) is 5.78 Å². The van der Waals surface area contributed by atoms with Crippen molar-refractivity contribution in [3.05, 3.63) is 45.9 Å². The Morgan fingerprint density at radius 3 is 2.47 bits per heavy atom. The quantitative estimate of drug-likeness (QED) is 0.496. The first-order valence-electron chi connectivity index (χ1n) is 4.47. The van der Waals surface area contributed by atoms with E-state index in [2.05, 4.69) is 0 Å². The summed E-state index contributed by atoms with van der Waals surface area (Å²) < 4.78 is 13.6. The number of aliphatic hydroxyl groups excluding tert-OH is 1. The van der Waals surface area contributed by atoms with Gasteiger partial charge in [-0.05, 0) is 18.6 Å². The number of hydrogen-bond acceptors (Lipinski definition) is 3. The van der Waals surface area contributed by atoms with E-state index in [1.165, 1.54) is 19.1 Å². The van der Waals surface area contributed by atoms with Crippen LogP contribution in [0.5, 0.6) is 0 Å². The highest BCUT2D eigenvalue weighted by atomic mass is 35.5. The van der Waals surface area contributed by atoms with Crippen LogP contribution in [0, 0.1) is 12.7 Å². The van der Waals surface area contributed by atoms with Gasteiger partial charge < -0.3 is 10.2 Å². The molecule has 0 atom stereocenters. The molecule has 0 spiro atoms. The summed E-state index contributed by atoms with van der Waals surface area (Å²) in [6, 6.07) is 2.70. The Hall–Kier alpha value is -1.88. The molecule has 17 heavy (non-hydrogen) atoms. The lowest BCUT2D eigenvalue weighted by Crippen LogP contribution is -2.07. The highest BCUT2D eigenvalue weighted by Gasteiger charge is 2.18. The third-order valence-corrected chi connectivity index (χ3v) is 2.33. The van der Waals surface area contributed by atoms with Gasteiger partial charge in [0.1, 0.15) is 5.82 Å². The fourth-order valence-electron chi connectivity index (χ4n) is 1.14. The zero-order chi connectivity index (χ0) is 13.2. The molecule has 0 aliphatic rings. The number of carboxylic acids is 1.